The van der Waals surface area contributed by atoms with Crippen LogP contribution in [-0.4, -0.2) is 20.9 Å². The van der Waals surface area contributed by atoms with Crippen LogP contribution < -0.4 is 0 Å². The summed E-state index contributed by atoms with van der Waals surface area (Å²) in [6.45, 7) is 1.80. The fourth-order valence-corrected chi connectivity index (χ4v) is 2.32. The van der Waals surface area contributed by atoms with Crippen molar-refractivity contribution in [2.75, 3.05) is 0 Å². The van der Waals surface area contributed by atoms with Crippen molar-refractivity contribution in [1.29, 1.82) is 0 Å². The average molecular weight is 208 g/mol. The lowest BCUT2D eigenvalue weighted by atomic mass is 9.95. The summed E-state index contributed by atoms with van der Waals surface area (Å²) in [5.74, 6) is -0.865. The average Bonchev–Trinajstić information content (AvgIpc) is 2.61. The molecule has 1 aromatic heterocycles. The number of aromatic nitrogens is 2. The highest BCUT2D eigenvalue weighted by molar-refractivity contribution is 5.87. The van der Waals surface area contributed by atoms with Gasteiger partial charge in [0.2, 0.25) is 0 Å². The number of carboxylic acid groups (broad SMARTS) is 1. The number of aromatic carboxylic acids is 1. The Balaban J connectivity index is 2.30. The second-order valence-electron chi connectivity index (χ2n) is 4.22. The van der Waals surface area contributed by atoms with Gasteiger partial charge in [-0.1, -0.05) is 19.3 Å². The van der Waals surface area contributed by atoms with Gasteiger partial charge in [-0.15, -0.1) is 0 Å². The standard InChI is InChI=1S/C11H16N2O2/c1-8-7-12-13(10(8)11(14)15)9-5-3-2-4-6-9/h7,9H,2-6H2,1H3,(H,14,15). The molecule has 0 saturated heterocycles. The predicted molar refractivity (Wildman–Crippen MR) is 56.0 cm³/mol. The van der Waals surface area contributed by atoms with Gasteiger partial charge in [0, 0.05) is 5.56 Å². The first kappa shape index (κ1) is 10.2. The molecule has 0 radical (unpaired) electrons. The first-order valence-corrected chi connectivity index (χ1v) is 5.47. The topological polar surface area (TPSA) is 55.1 Å². The summed E-state index contributed by atoms with van der Waals surface area (Å²) < 4.78 is 1.71. The molecule has 1 N–H and O–H groups in total. The van der Waals surface area contributed by atoms with Crippen LogP contribution in [0.2, 0.25) is 0 Å². The number of carboxylic acids is 1. The molecule has 0 amide bonds. The van der Waals surface area contributed by atoms with Crippen LogP contribution in [0.1, 0.15) is 54.2 Å². The van der Waals surface area contributed by atoms with Crippen LogP contribution in [0.25, 0.3) is 0 Å². The van der Waals surface area contributed by atoms with Crippen molar-refractivity contribution < 1.29 is 9.90 Å². The van der Waals surface area contributed by atoms with Gasteiger partial charge in [-0.05, 0) is 19.8 Å². The third-order valence-corrected chi connectivity index (χ3v) is 3.10. The van der Waals surface area contributed by atoms with Gasteiger partial charge >= 0.3 is 5.97 Å². The van der Waals surface area contributed by atoms with Crippen molar-refractivity contribution in [3.05, 3.63) is 17.5 Å². The van der Waals surface area contributed by atoms with E-state index >= 15 is 0 Å². The summed E-state index contributed by atoms with van der Waals surface area (Å²) in [5, 5.41) is 13.3. The third kappa shape index (κ3) is 1.89. The fourth-order valence-electron chi connectivity index (χ4n) is 2.32. The quantitative estimate of drug-likeness (QED) is 0.811. The summed E-state index contributed by atoms with van der Waals surface area (Å²) in [7, 11) is 0. The number of hydrogen-bond donors (Lipinski definition) is 1. The van der Waals surface area contributed by atoms with E-state index in [1.54, 1.807) is 17.8 Å². The second kappa shape index (κ2) is 4.04. The highest BCUT2D eigenvalue weighted by Gasteiger charge is 2.22. The van der Waals surface area contributed by atoms with Crippen molar-refractivity contribution in [1.82, 2.24) is 9.78 Å². The molecule has 0 spiro atoms. The monoisotopic (exact) mass is 208 g/mol. The third-order valence-electron chi connectivity index (χ3n) is 3.10. The maximum absolute atomic E-state index is 11.1. The molecule has 2 rings (SSSR count). The van der Waals surface area contributed by atoms with Gasteiger partial charge in [-0.25, -0.2) is 4.79 Å². The summed E-state index contributed by atoms with van der Waals surface area (Å²) in [4.78, 5) is 11.1. The van der Waals surface area contributed by atoms with Gasteiger partial charge in [0.15, 0.2) is 0 Å². The Bertz CT molecular complexity index is 365. The van der Waals surface area contributed by atoms with Crippen LogP contribution in [-0.2, 0) is 0 Å². The molecular weight excluding hydrogens is 192 g/mol. The van der Waals surface area contributed by atoms with Gasteiger partial charge < -0.3 is 5.11 Å². The van der Waals surface area contributed by atoms with Gasteiger partial charge in [0.05, 0.1) is 12.2 Å². The Kier molecular flexibility index (Phi) is 2.75. The van der Waals surface area contributed by atoms with Gasteiger partial charge in [0.25, 0.3) is 0 Å². The van der Waals surface area contributed by atoms with E-state index in [1.807, 2.05) is 0 Å². The number of nitrogens with zero attached hydrogens (tertiary/aromatic N) is 2. The molecule has 0 aromatic carbocycles. The molecule has 0 bridgehead atoms. The van der Waals surface area contributed by atoms with E-state index in [9.17, 15) is 4.79 Å². The summed E-state index contributed by atoms with van der Waals surface area (Å²) in [5.41, 5.74) is 1.12. The van der Waals surface area contributed by atoms with Crippen LogP contribution in [0.3, 0.4) is 0 Å². The Labute approximate surface area is 88.9 Å². The van der Waals surface area contributed by atoms with E-state index in [-0.39, 0.29) is 0 Å². The van der Waals surface area contributed by atoms with Crippen molar-refractivity contribution >= 4 is 5.97 Å². The van der Waals surface area contributed by atoms with E-state index in [2.05, 4.69) is 5.10 Å². The van der Waals surface area contributed by atoms with Crippen molar-refractivity contribution in [2.45, 2.75) is 45.1 Å². The SMILES string of the molecule is Cc1cnn(C2CCCCC2)c1C(=O)O. The Hall–Kier alpha value is -1.32. The normalized spacial score (nSPS) is 17.9. The number of aryl methyl sites for hydroxylation is 1. The number of rotatable bonds is 2. The molecular formula is C11H16N2O2. The molecule has 1 saturated carbocycles. The van der Waals surface area contributed by atoms with Crippen LogP contribution in [0.4, 0.5) is 0 Å². The van der Waals surface area contributed by atoms with Crippen molar-refractivity contribution in [2.24, 2.45) is 0 Å². The van der Waals surface area contributed by atoms with Crippen molar-refractivity contribution in [3.63, 3.8) is 0 Å². The Morgan fingerprint density at radius 3 is 2.73 bits per heavy atom. The molecule has 1 aliphatic rings. The summed E-state index contributed by atoms with van der Waals surface area (Å²) in [6.07, 6.45) is 7.39. The lowest BCUT2D eigenvalue weighted by molar-refractivity contribution is 0.0677. The molecule has 1 fully saturated rings. The minimum Gasteiger partial charge on any atom is -0.477 e. The first-order valence-electron chi connectivity index (χ1n) is 5.47. The Morgan fingerprint density at radius 2 is 2.13 bits per heavy atom. The maximum Gasteiger partial charge on any atom is 0.354 e. The molecule has 1 heterocycles. The zero-order chi connectivity index (χ0) is 10.8. The molecule has 4 nitrogen and oxygen atoms in total. The minimum absolute atomic E-state index is 0.290. The molecule has 82 valence electrons. The van der Waals surface area contributed by atoms with Gasteiger partial charge in [-0.2, -0.15) is 5.10 Å². The predicted octanol–water partition coefficient (Wildman–Crippen LogP) is 2.39. The number of carbonyl (C=O) groups is 1. The molecule has 1 aromatic rings. The van der Waals surface area contributed by atoms with Crippen LogP contribution >= 0.6 is 0 Å². The molecule has 15 heavy (non-hydrogen) atoms. The van der Waals surface area contributed by atoms with E-state index < -0.39 is 5.97 Å². The zero-order valence-corrected chi connectivity index (χ0v) is 8.94. The van der Waals surface area contributed by atoms with Crippen LogP contribution in [0.5, 0.6) is 0 Å². The molecule has 1 aliphatic carbocycles. The molecule has 0 atom stereocenters. The smallest absolute Gasteiger partial charge is 0.354 e. The molecule has 4 heteroatoms. The molecule has 0 unspecified atom stereocenters. The van der Waals surface area contributed by atoms with Crippen LogP contribution in [0, 0.1) is 6.92 Å². The lowest BCUT2D eigenvalue weighted by Crippen LogP contribution is -2.19. The number of hydrogen-bond acceptors (Lipinski definition) is 2. The lowest BCUT2D eigenvalue weighted by Gasteiger charge is -2.23. The second-order valence-corrected chi connectivity index (χ2v) is 4.22. The minimum atomic E-state index is -0.865. The first-order chi connectivity index (χ1) is 7.20. The largest absolute Gasteiger partial charge is 0.477 e. The highest BCUT2D eigenvalue weighted by Crippen LogP contribution is 2.29. The summed E-state index contributed by atoms with van der Waals surface area (Å²) >= 11 is 0. The Morgan fingerprint density at radius 1 is 1.47 bits per heavy atom. The van der Waals surface area contributed by atoms with E-state index in [4.69, 9.17) is 5.11 Å². The van der Waals surface area contributed by atoms with E-state index in [0.29, 0.717) is 11.7 Å². The van der Waals surface area contributed by atoms with E-state index in [0.717, 1.165) is 18.4 Å². The molecule has 0 aliphatic heterocycles. The van der Waals surface area contributed by atoms with Crippen LogP contribution in [0.15, 0.2) is 6.20 Å². The zero-order valence-electron chi connectivity index (χ0n) is 8.94. The summed E-state index contributed by atoms with van der Waals surface area (Å²) in [6, 6.07) is 0.290. The van der Waals surface area contributed by atoms with Gasteiger partial charge in [0.1, 0.15) is 5.69 Å². The fraction of sp³-hybridized carbons (Fsp3) is 0.636. The van der Waals surface area contributed by atoms with Crippen molar-refractivity contribution in [3.8, 4) is 0 Å². The maximum atomic E-state index is 11.1. The van der Waals surface area contributed by atoms with E-state index in [1.165, 1.54) is 19.3 Å². The van der Waals surface area contributed by atoms with Gasteiger partial charge in [-0.3, -0.25) is 4.68 Å². The highest BCUT2D eigenvalue weighted by atomic mass is 16.4.